The fourth-order valence-corrected chi connectivity index (χ4v) is 3.42. The zero-order valence-electron chi connectivity index (χ0n) is 10.9. The molecular formula is C13H13F3N2OS2. The highest BCUT2D eigenvalue weighted by Gasteiger charge is 2.34. The molecule has 3 N–H and O–H groups in total. The van der Waals surface area contributed by atoms with E-state index in [0.29, 0.717) is 0 Å². The summed E-state index contributed by atoms with van der Waals surface area (Å²) in [6.45, 7) is 0. The lowest BCUT2D eigenvalue weighted by Crippen LogP contribution is -2.24. The second kappa shape index (κ2) is 6.23. The largest absolute Gasteiger partial charge is 0.417 e. The summed E-state index contributed by atoms with van der Waals surface area (Å²) < 4.78 is 39.0. The first-order valence-electron chi connectivity index (χ1n) is 6.22. The highest BCUT2D eigenvalue weighted by atomic mass is 32.2. The van der Waals surface area contributed by atoms with Crippen molar-refractivity contribution in [1.29, 1.82) is 0 Å². The summed E-state index contributed by atoms with van der Waals surface area (Å²) >= 11 is 6.14. The number of halogens is 3. The third kappa shape index (κ3) is 3.88. The zero-order chi connectivity index (χ0) is 15.6. The van der Waals surface area contributed by atoms with Gasteiger partial charge in [0.05, 0.1) is 10.8 Å². The number of hydrogen-bond donors (Lipinski definition) is 2. The Morgan fingerprint density at radius 1 is 1.43 bits per heavy atom. The summed E-state index contributed by atoms with van der Waals surface area (Å²) in [7, 11) is 0. The molecule has 1 atom stereocenters. The van der Waals surface area contributed by atoms with Crippen LogP contribution in [0.1, 0.15) is 24.0 Å². The number of rotatable bonds is 3. The second-order valence-corrected chi connectivity index (χ2v) is 6.36. The van der Waals surface area contributed by atoms with Gasteiger partial charge in [-0.25, -0.2) is 0 Å². The van der Waals surface area contributed by atoms with Crippen molar-refractivity contribution in [1.82, 2.24) is 0 Å². The molecule has 114 valence electrons. The first-order chi connectivity index (χ1) is 9.79. The van der Waals surface area contributed by atoms with Crippen LogP contribution in [0, 0.1) is 0 Å². The van der Waals surface area contributed by atoms with E-state index >= 15 is 0 Å². The van der Waals surface area contributed by atoms with Gasteiger partial charge in [0.2, 0.25) is 5.91 Å². The number of hydrogen-bond acceptors (Lipinski definition) is 3. The van der Waals surface area contributed by atoms with Crippen molar-refractivity contribution in [3.8, 4) is 0 Å². The molecule has 0 radical (unpaired) electrons. The maximum Gasteiger partial charge on any atom is 0.417 e. The van der Waals surface area contributed by atoms with Crippen molar-refractivity contribution >= 4 is 40.6 Å². The molecule has 3 nitrogen and oxygen atoms in total. The Balaban J connectivity index is 2.25. The average Bonchev–Trinajstić information content (AvgIpc) is 2.91. The maximum absolute atomic E-state index is 13.0. The third-order valence-corrected chi connectivity index (χ3v) is 4.68. The Morgan fingerprint density at radius 3 is 2.67 bits per heavy atom. The van der Waals surface area contributed by atoms with E-state index in [2.05, 4.69) is 17.5 Å². The van der Waals surface area contributed by atoms with E-state index in [0.717, 1.165) is 24.7 Å². The Labute approximate surface area is 129 Å². The van der Waals surface area contributed by atoms with Crippen molar-refractivity contribution in [3.63, 3.8) is 0 Å². The average molecular weight is 334 g/mol. The standard InChI is InChI=1S/C13H13F3N2OS2/c14-13(15,16)9-6-7(3-4-8(9)11(17)20)18-12(19)10-2-1-5-21-10/h3-4,6,10H,1-2,5H2,(H2,17,20)(H,18,19). The van der Waals surface area contributed by atoms with E-state index < -0.39 is 11.7 Å². The van der Waals surface area contributed by atoms with Crippen molar-refractivity contribution in [3.05, 3.63) is 29.3 Å². The number of thiocarbonyl (C=S) groups is 1. The van der Waals surface area contributed by atoms with Gasteiger partial charge in [-0.15, -0.1) is 11.8 Å². The minimum absolute atomic E-state index is 0.0971. The van der Waals surface area contributed by atoms with Crippen LogP contribution in [-0.2, 0) is 11.0 Å². The molecule has 1 unspecified atom stereocenters. The first-order valence-corrected chi connectivity index (χ1v) is 7.68. The summed E-state index contributed by atoms with van der Waals surface area (Å²) in [5.41, 5.74) is 4.22. The molecular weight excluding hydrogens is 321 g/mol. The number of benzene rings is 1. The molecule has 1 fully saturated rings. The summed E-state index contributed by atoms with van der Waals surface area (Å²) in [6, 6.07) is 3.43. The van der Waals surface area contributed by atoms with Gasteiger partial charge in [-0.1, -0.05) is 12.2 Å². The third-order valence-electron chi connectivity index (χ3n) is 3.08. The van der Waals surface area contributed by atoms with Crippen LogP contribution in [0.5, 0.6) is 0 Å². The fraction of sp³-hybridized carbons (Fsp3) is 0.385. The van der Waals surface area contributed by atoms with Crippen LogP contribution < -0.4 is 11.1 Å². The fourth-order valence-electron chi connectivity index (χ4n) is 2.08. The number of carbonyl (C=O) groups excluding carboxylic acids is 1. The molecule has 21 heavy (non-hydrogen) atoms. The van der Waals surface area contributed by atoms with E-state index in [1.54, 1.807) is 0 Å². The molecule has 0 saturated carbocycles. The SMILES string of the molecule is NC(=S)c1ccc(NC(=O)C2CCCS2)cc1C(F)(F)F. The van der Waals surface area contributed by atoms with Gasteiger partial charge >= 0.3 is 6.18 Å². The van der Waals surface area contributed by atoms with Gasteiger partial charge in [0.25, 0.3) is 0 Å². The molecule has 1 heterocycles. The highest BCUT2D eigenvalue weighted by Crippen LogP contribution is 2.34. The van der Waals surface area contributed by atoms with Crippen molar-refractivity contribution in [2.75, 3.05) is 11.1 Å². The number of thioether (sulfide) groups is 1. The minimum atomic E-state index is -4.58. The Morgan fingerprint density at radius 2 is 2.14 bits per heavy atom. The molecule has 1 aliphatic heterocycles. The maximum atomic E-state index is 13.0. The Kier molecular flexibility index (Phi) is 4.77. The van der Waals surface area contributed by atoms with Gasteiger partial charge in [0.15, 0.2) is 0 Å². The van der Waals surface area contributed by atoms with Crippen LogP contribution in [0.25, 0.3) is 0 Å². The molecule has 0 aliphatic carbocycles. The lowest BCUT2D eigenvalue weighted by Gasteiger charge is -2.15. The quantitative estimate of drug-likeness (QED) is 0.834. The molecule has 1 amide bonds. The number of amides is 1. The van der Waals surface area contributed by atoms with Crippen LogP contribution in [0.4, 0.5) is 18.9 Å². The normalized spacial score (nSPS) is 18.5. The van der Waals surface area contributed by atoms with Crippen LogP contribution >= 0.6 is 24.0 Å². The van der Waals surface area contributed by atoms with Gasteiger partial charge < -0.3 is 11.1 Å². The Hall–Kier alpha value is -1.28. The van der Waals surface area contributed by atoms with Crippen LogP contribution in [0.3, 0.4) is 0 Å². The van der Waals surface area contributed by atoms with Crippen LogP contribution in [0.15, 0.2) is 18.2 Å². The molecule has 1 aromatic carbocycles. The molecule has 0 bridgehead atoms. The van der Waals surface area contributed by atoms with Crippen LogP contribution in [-0.4, -0.2) is 21.9 Å². The molecule has 1 saturated heterocycles. The van der Waals surface area contributed by atoms with Crippen LogP contribution in [0.2, 0.25) is 0 Å². The number of nitrogens with two attached hydrogens (primary N) is 1. The monoisotopic (exact) mass is 334 g/mol. The summed E-state index contributed by atoms with van der Waals surface area (Å²) in [4.78, 5) is 11.6. The molecule has 2 rings (SSSR count). The highest BCUT2D eigenvalue weighted by molar-refractivity contribution is 8.00. The molecule has 0 spiro atoms. The summed E-state index contributed by atoms with van der Waals surface area (Å²) in [6.07, 6.45) is -2.90. The van der Waals surface area contributed by atoms with Gasteiger partial charge in [-0.05, 0) is 36.8 Å². The zero-order valence-corrected chi connectivity index (χ0v) is 12.5. The Bertz CT molecular complexity index is 569. The number of carbonyl (C=O) groups is 1. The summed E-state index contributed by atoms with van der Waals surface area (Å²) in [5.74, 6) is 0.625. The van der Waals surface area contributed by atoms with E-state index in [-0.39, 0.29) is 27.4 Å². The van der Waals surface area contributed by atoms with Crippen molar-refractivity contribution in [2.24, 2.45) is 5.73 Å². The molecule has 1 aromatic rings. The smallest absolute Gasteiger partial charge is 0.389 e. The second-order valence-electron chi connectivity index (χ2n) is 4.61. The predicted molar refractivity (Wildman–Crippen MR) is 81.4 cm³/mol. The van der Waals surface area contributed by atoms with Crippen molar-refractivity contribution in [2.45, 2.75) is 24.3 Å². The van der Waals surface area contributed by atoms with E-state index in [9.17, 15) is 18.0 Å². The van der Waals surface area contributed by atoms with Crippen molar-refractivity contribution < 1.29 is 18.0 Å². The lowest BCUT2D eigenvalue weighted by atomic mass is 10.1. The number of nitrogens with one attached hydrogen (secondary N) is 1. The lowest BCUT2D eigenvalue weighted by molar-refractivity contribution is -0.137. The summed E-state index contributed by atoms with van der Waals surface area (Å²) in [5, 5.41) is 2.32. The van der Waals surface area contributed by atoms with Gasteiger partial charge in [-0.3, -0.25) is 4.79 Å². The van der Waals surface area contributed by atoms with Gasteiger partial charge in [0, 0.05) is 11.3 Å². The number of alkyl halides is 3. The molecule has 0 aromatic heterocycles. The van der Waals surface area contributed by atoms with E-state index in [1.807, 2.05) is 0 Å². The van der Waals surface area contributed by atoms with E-state index in [1.165, 1.54) is 23.9 Å². The van der Waals surface area contributed by atoms with Gasteiger partial charge in [-0.2, -0.15) is 13.2 Å². The number of anilines is 1. The van der Waals surface area contributed by atoms with Gasteiger partial charge in [0.1, 0.15) is 4.99 Å². The molecule has 8 heteroatoms. The molecule has 1 aliphatic rings. The minimum Gasteiger partial charge on any atom is -0.389 e. The topological polar surface area (TPSA) is 55.1 Å². The van der Waals surface area contributed by atoms with E-state index in [4.69, 9.17) is 5.73 Å². The predicted octanol–water partition coefficient (Wildman–Crippen LogP) is 3.17. The first kappa shape index (κ1) is 16.1.